The molecule has 4 heteroatoms. The Kier molecular flexibility index (Phi) is 6.14. The number of ether oxygens (including phenoxy) is 1. The molecule has 4 nitrogen and oxygen atoms in total. The number of nitrogens with zero attached hydrogens (tertiary/aromatic N) is 1. The SMILES string of the molecule is CCCCOCC(=O)N[C@]1(C#N)CCC[C@@H](C)C1. The average molecular weight is 252 g/mol. The second kappa shape index (κ2) is 7.38. The van der Waals surface area contributed by atoms with Crippen LogP contribution in [-0.4, -0.2) is 24.7 Å². The van der Waals surface area contributed by atoms with Crippen LogP contribution in [0.4, 0.5) is 0 Å². The van der Waals surface area contributed by atoms with Gasteiger partial charge in [0.25, 0.3) is 0 Å². The molecule has 1 rings (SSSR count). The van der Waals surface area contributed by atoms with E-state index < -0.39 is 5.54 Å². The normalized spacial score (nSPS) is 27.5. The molecule has 0 aromatic rings. The quantitative estimate of drug-likeness (QED) is 0.738. The van der Waals surface area contributed by atoms with Gasteiger partial charge in [-0.3, -0.25) is 4.79 Å². The Morgan fingerprint density at radius 3 is 3.00 bits per heavy atom. The summed E-state index contributed by atoms with van der Waals surface area (Å²) in [4.78, 5) is 11.8. The number of nitriles is 1. The average Bonchev–Trinajstić information content (AvgIpc) is 2.34. The minimum Gasteiger partial charge on any atom is -0.372 e. The van der Waals surface area contributed by atoms with Crippen LogP contribution in [0.3, 0.4) is 0 Å². The zero-order valence-corrected chi connectivity index (χ0v) is 11.5. The summed E-state index contributed by atoms with van der Waals surface area (Å²) >= 11 is 0. The van der Waals surface area contributed by atoms with E-state index in [0.717, 1.165) is 38.5 Å². The molecule has 1 N–H and O–H groups in total. The smallest absolute Gasteiger partial charge is 0.247 e. The van der Waals surface area contributed by atoms with Gasteiger partial charge >= 0.3 is 0 Å². The number of hydrogen-bond donors (Lipinski definition) is 1. The Morgan fingerprint density at radius 1 is 1.61 bits per heavy atom. The summed E-state index contributed by atoms with van der Waals surface area (Å²) in [6.07, 6.45) is 5.69. The lowest BCUT2D eigenvalue weighted by atomic mass is 9.77. The fraction of sp³-hybridized carbons (Fsp3) is 0.857. The van der Waals surface area contributed by atoms with Gasteiger partial charge in [-0.1, -0.05) is 26.7 Å². The van der Waals surface area contributed by atoms with Crippen LogP contribution in [0.2, 0.25) is 0 Å². The Labute approximate surface area is 110 Å². The van der Waals surface area contributed by atoms with Crippen molar-refractivity contribution in [2.45, 2.75) is 57.9 Å². The van der Waals surface area contributed by atoms with Crippen molar-refractivity contribution in [3.63, 3.8) is 0 Å². The van der Waals surface area contributed by atoms with E-state index in [-0.39, 0.29) is 12.5 Å². The van der Waals surface area contributed by atoms with Gasteiger partial charge in [0, 0.05) is 6.61 Å². The highest BCUT2D eigenvalue weighted by Crippen LogP contribution is 2.31. The maximum absolute atomic E-state index is 11.8. The van der Waals surface area contributed by atoms with E-state index in [9.17, 15) is 10.1 Å². The number of nitrogens with one attached hydrogen (secondary N) is 1. The summed E-state index contributed by atoms with van der Waals surface area (Å²) in [5, 5.41) is 12.2. The second-order valence-corrected chi connectivity index (χ2v) is 5.35. The maximum Gasteiger partial charge on any atom is 0.247 e. The molecule has 0 aliphatic heterocycles. The highest BCUT2D eigenvalue weighted by Gasteiger charge is 2.36. The molecule has 0 aromatic carbocycles. The molecule has 1 fully saturated rings. The van der Waals surface area contributed by atoms with Crippen LogP contribution >= 0.6 is 0 Å². The zero-order valence-electron chi connectivity index (χ0n) is 11.5. The largest absolute Gasteiger partial charge is 0.372 e. The van der Waals surface area contributed by atoms with E-state index >= 15 is 0 Å². The number of carbonyl (C=O) groups is 1. The van der Waals surface area contributed by atoms with Gasteiger partial charge in [0.05, 0.1) is 6.07 Å². The molecule has 1 aliphatic rings. The van der Waals surface area contributed by atoms with Crippen LogP contribution in [0.25, 0.3) is 0 Å². The third-order valence-electron chi connectivity index (χ3n) is 3.47. The molecule has 0 spiro atoms. The topological polar surface area (TPSA) is 62.1 Å². The van der Waals surface area contributed by atoms with Crippen molar-refractivity contribution in [3.8, 4) is 6.07 Å². The first-order valence-corrected chi connectivity index (χ1v) is 6.92. The molecule has 0 saturated heterocycles. The number of amides is 1. The standard InChI is InChI=1S/C14H24N2O2/c1-3-4-8-18-10-13(17)16-14(11-15)7-5-6-12(2)9-14/h12H,3-10H2,1-2H3,(H,16,17)/t12-,14-/m1/s1. The molecule has 0 unspecified atom stereocenters. The zero-order chi connectivity index (χ0) is 13.4. The van der Waals surface area contributed by atoms with E-state index in [1.807, 2.05) is 0 Å². The maximum atomic E-state index is 11.8. The highest BCUT2D eigenvalue weighted by atomic mass is 16.5. The Balaban J connectivity index is 2.38. The van der Waals surface area contributed by atoms with E-state index in [1.54, 1.807) is 0 Å². The molecular formula is C14H24N2O2. The van der Waals surface area contributed by atoms with E-state index in [2.05, 4.69) is 25.2 Å². The monoisotopic (exact) mass is 252 g/mol. The van der Waals surface area contributed by atoms with Crippen LogP contribution in [0, 0.1) is 17.2 Å². The Bertz CT molecular complexity index is 311. The molecule has 0 bridgehead atoms. The third-order valence-corrected chi connectivity index (χ3v) is 3.47. The molecule has 0 heterocycles. The van der Waals surface area contributed by atoms with Crippen molar-refractivity contribution < 1.29 is 9.53 Å². The van der Waals surface area contributed by atoms with Gasteiger partial charge in [-0.25, -0.2) is 0 Å². The summed E-state index contributed by atoms with van der Waals surface area (Å²) in [5.74, 6) is 0.335. The lowest BCUT2D eigenvalue weighted by Crippen LogP contribution is -2.51. The van der Waals surface area contributed by atoms with Crippen molar-refractivity contribution in [2.75, 3.05) is 13.2 Å². The summed E-state index contributed by atoms with van der Waals surface area (Å²) in [6, 6.07) is 2.29. The van der Waals surface area contributed by atoms with E-state index in [0.29, 0.717) is 12.5 Å². The molecule has 0 radical (unpaired) electrons. The first kappa shape index (κ1) is 15.0. The van der Waals surface area contributed by atoms with Crippen LogP contribution < -0.4 is 5.32 Å². The van der Waals surface area contributed by atoms with Gasteiger partial charge in [0.2, 0.25) is 5.91 Å². The van der Waals surface area contributed by atoms with Crippen LogP contribution in [0.1, 0.15) is 52.4 Å². The predicted molar refractivity (Wildman–Crippen MR) is 69.8 cm³/mol. The summed E-state index contributed by atoms with van der Waals surface area (Å²) in [7, 11) is 0. The van der Waals surface area contributed by atoms with E-state index in [1.165, 1.54) is 0 Å². The number of rotatable bonds is 6. The lowest BCUT2D eigenvalue weighted by Gasteiger charge is -2.34. The van der Waals surface area contributed by atoms with Gasteiger partial charge in [-0.2, -0.15) is 5.26 Å². The van der Waals surface area contributed by atoms with Gasteiger partial charge in [0.1, 0.15) is 12.1 Å². The third kappa shape index (κ3) is 4.66. The number of hydrogen-bond acceptors (Lipinski definition) is 3. The molecule has 1 amide bonds. The van der Waals surface area contributed by atoms with Crippen molar-refractivity contribution in [3.05, 3.63) is 0 Å². The molecule has 1 saturated carbocycles. The summed E-state index contributed by atoms with van der Waals surface area (Å²) < 4.78 is 5.27. The highest BCUT2D eigenvalue weighted by molar-refractivity contribution is 5.78. The Morgan fingerprint density at radius 2 is 2.39 bits per heavy atom. The minimum absolute atomic E-state index is 0.0673. The molecule has 2 atom stereocenters. The minimum atomic E-state index is -0.664. The van der Waals surface area contributed by atoms with Gasteiger partial charge < -0.3 is 10.1 Å². The molecular weight excluding hydrogens is 228 g/mol. The van der Waals surface area contributed by atoms with E-state index in [4.69, 9.17) is 4.74 Å². The molecule has 102 valence electrons. The second-order valence-electron chi connectivity index (χ2n) is 5.35. The fourth-order valence-electron chi connectivity index (χ4n) is 2.51. The fourth-order valence-corrected chi connectivity index (χ4v) is 2.51. The first-order valence-electron chi connectivity index (χ1n) is 6.92. The predicted octanol–water partition coefficient (Wildman–Crippen LogP) is 2.39. The Hall–Kier alpha value is -1.08. The van der Waals surface area contributed by atoms with Crippen molar-refractivity contribution in [1.82, 2.24) is 5.32 Å². The number of carbonyl (C=O) groups excluding carboxylic acids is 1. The van der Waals surface area contributed by atoms with Gasteiger partial charge in [0.15, 0.2) is 0 Å². The van der Waals surface area contributed by atoms with Crippen LogP contribution in [-0.2, 0) is 9.53 Å². The van der Waals surface area contributed by atoms with Crippen molar-refractivity contribution in [2.24, 2.45) is 5.92 Å². The molecule has 18 heavy (non-hydrogen) atoms. The van der Waals surface area contributed by atoms with Gasteiger partial charge in [-0.05, 0) is 31.6 Å². The van der Waals surface area contributed by atoms with Crippen LogP contribution in [0.15, 0.2) is 0 Å². The summed E-state index contributed by atoms with van der Waals surface area (Å²) in [5.41, 5.74) is -0.664. The van der Waals surface area contributed by atoms with Crippen molar-refractivity contribution in [1.29, 1.82) is 5.26 Å². The molecule has 0 aromatic heterocycles. The van der Waals surface area contributed by atoms with Crippen molar-refractivity contribution >= 4 is 5.91 Å². The molecule has 1 aliphatic carbocycles. The van der Waals surface area contributed by atoms with Gasteiger partial charge in [-0.15, -0.1) is 0 Å². The lowest BCUT2D eigenvalue weighted by molar-refractivity contribution is -0.127. The first-order chi connectivity index (χ1) is 8.62. The number of unbranched alkanes of at least 4 members (excludes halogenated alkanes) is 1. The van der Waals surface area contributed by atoms with Crippen LogP contribution in [0.5, 0.6) is 0 Å². The summed E-state index contributed by atoms with van der Waals surface area (Å²) in [6.45, 7) is 4.89.